The maximum atomic E-state index is 12.5. The number of hydrogen-bond donors (Lipinski definition) is 2. The molecule has 1 fully saturated rings. The molecule has 1 aliphatic rings. The summed E-state index contributed by atoms with van der Waals surface area (Å²) in [6.07, 6.45) is 3.50. The highest BCUT2D eigenvalue weighted by atomic mass is 32.2. The average Bonchev–Trinajstić information content (AvgIpc) is 2.37. The predicted molar refractivity (Wildman–Crippen MR) is 85.8 cm³/mol. The van der Waals surface area contributed by atoms with E-state index in [1.165, 1.54) is 6.42 Å². The molecule has 0 radical (unpaired) electrons. The molecule has 0 atom stereocenters. The highest BCUT2D eigenvalue weighted by molar-refractivity contribution is 7.89. The fourth-order valence-corrected chi connectivity index (χ4v) is 4.03. The fourth-order valence-electron chi connectivity index (χ4n) is 2.55. The van der Waals surface area contributed by atoms with Gasteiger partial charge in [0.1, 0.15) is 0 Å². The van der Waals surface area contributed by atoms with E-state index >= 15 is 0 Å². The van der Waals surface area contributed by atoms with Crippen LogP contribution in [-0.2, 0) is 16.6 Å². The first-order valence-corrected chi connectivity index (χ1v) is 9.23. The summed E-state index contributed by atoms with van der Waals surface area (Å²) < 4.78 is 27.9. The molecule has 0 bridgehead atoms. The minimum Gasteiger partial charge on any atom is -0.313 e. The molecular formula is C16H26N2O2S. The summed E-state index contributed by atoms with van der Waals surface area (Å²) in [5, 5.41) is 3.24. The number of benzene rings is 1. The first kappa shape index (κ1) is 16.5. The van der Waals surface area contributed by atoms with E-state index in [0.717, 1.165) is 36.1 Å². The maximum Gasteiger partial charge on any atom is 0.240 e. The summed E-state index contributed by atoms with van der Waals surface area (Å²) in [6, 6.07) is 3.86. The lowest BCUT2D eigenvalue weighted by Crippen LogP contribution is -2.32. The quantitative estimate of drug-likeness (QED) is 0.813. The van der Waals surface area contributed by atoms with Crippen molar-refractivity contribution in [1.82, 2.24) is 10.0 Å². The third kappa shape index (κ3) is 4.05. The summed E-state index contributed by atoms with van der Waals surface area (Å²) >= 11 is 0. The molecule has 5 heteroatoms. The highest BCUT2D eigenvalue weighted by Gasteiger charge is 2.23. The molecule has 118 valence electrons. The van der Waals surface area contributed by atoms with E-state index in [2.05, 4.69) is 16.1 Å². The second-order valence-corrected chi connectivity index (χ2v) is 7.70. The Labute approximate surface area is 128 Å². The van der Waals surface area contributed by atoms with Gasteiger partial charge in [-0.3, -0.25) is 0 Å². The zero-order valence-electron chi connectivity index (χ0n) is 13.2. The zero-order valence-corrected chi connectivity index (χ0v) is 14.0. The minimum absolute atomic E-state index is 0.426. The van der Waals surface area contributed by atoms with Crippen LogP contribution in [0.15, 0.2) is 17.0 Å². The van der Waals surface area contributed by atoms with E-state index < -0.39 is 10.0 Å². The molecule has 1 aromatic carbocycles. The molecule has 1 aliphatic carbocycles. The molecule has 0 saturated heterocycles. The largest absolute Gasteiger partial charge is 0.313 e. The molecule has 1 aromatic rings. The van der Waals surface area contributed by atoms with E-state index in [1.807, 2.05) is 20.8 Å². The van der Waals surface area contributed by atoms with Gasteiger partial charge in [-0.15, -0.1) is 0 Å². The highest BCUT2D eigenvalue weighted by Crippen LogP contribution is 2.26. The Balaban J connectivity index is 2.20. The van der Waals surface area contributed by atoms with Crippen LogP contribution in [0.5, 0.6) is 0 Å². The van der Waals surface area contributed by atoms with Gasteiger partial charge >= 0.3 is 0 Å². The second kappa shape index (κ2) is 6.90. The van der Waals surface area contributed by atoms with Crippen molar-refractivity contribution in [3.63, 3.8) is 0 Å². The molecule has 2 N–H and O–H groups in total. The van der Waals surface area contributed by atoms with E-state index in [0.29, 0.717) is 23.9 Å². The Morgan fingerprint density at radius 2 is 1.95 bits per heavy atom. The van der Waals surface area contributed by atoms with Gasteiger partial charge in [-0.1, -0.05) is 19.4 Å². The molecule has 2 rings (SSSR count). The number of hydrogen-bond acceptors (Lipinski definition) is 3. The topological polar surface area (TPSA) is 58.2 Å². The van der Waals surface area contributed by atoms with Crippen molar-refractivity contribution in [3.8, 4) is 0 Å². The van der Waals surface area contributed by atoms with E-state index in [-0.39, 0.29) is 0 Å². The van der Waals surface area contributed by atoms with Gasteiger partial charge in [0.15, 0.2) is 0 Å². The summed E-state index contributed by atoms with van der Waals surface area (Å²) in [7, 11) is -3.41. The third-order valence-electron chi connectivity index (χ3n) is 4.33. The molecule has 0 heterocycles. The van der Waals surface area contributed by atoms with Crippen LogP contribution in [-0.4, -0.2) is 21.5 Å². The second-order valence-electron chi connectivity index (χ2n) is 5.97. The van der Waals surface area contributed by atoms with Crippen LogP contribution in [0.25, 0.3) is 0 Å². The molecule has 1 saturated carbocycles. The van der Waals surface area contributed by atoms with E-state index in [4.69, 9.17) is 0 Å². The van der Waals surface area contributed by atoms with Crippen LogP contribution in [0.3, 0.4) is 0 Å². The lowest BCUT2D eigenvalue weighted by molar-refractivity contribution is 0.316. The zero-order chi connectivity index (χ0) is 15.5. The standard InChI is InChI=1S/C16H26N2O2S/c1-4-17-10-15-8-12(2)13(3)16(9-15)21(19,20)18-11-14-6-5-7-14/h8-9,14,17-18H,4-7,10-11H2,1-3H3. The number of nitrogens with one attached hydrogen (secondary N) is 2. The van der Waals surface area contributed by atoms with Gasteiger partial charge in [0.2, 0.25) is 10.0 Å². The van der Waals surface area contributed by atoms with Crippen molar-refractivity contribution in [2.75, 3.05) is 13.1 Å². The van der Waals surface area contributed by atoms with Crippen LogP contribution in [0.2, 0.25) is 0 Å². The molecule has 0 unspecified atom stereocenters. The van der Waals surface area contributed by atoms with Gasteiger partial charge in [-0.05, 0) is 61.9 Å². The Bertz CT molecular complexity index is 593. The summed E-state index contributed by atoms with van der Waals surface area (Å²) in [6.45, 7) is 8.02. The van der Waals surface area contributed by atoms with Crippen LogP contribution < -0.4 is 10.0 Å². The van der Waals surface area contributed by atoms with E-state index in [9.17, 15) is 8.42 Å². The molecule has 21 heavy (non-hydrogen) atoms. The first-order valence-electron chi connectivity index (χ1n) is 7.74. The molecule has 0 aromatic heterocycles. The smallest absolute Gasteiger partial charge is 0.240 e. The number of aryl methyl sites for hydroxylation is 1. The monoisotopic (exact) mass is 310 g/mol. The van der Waals surface area contributed by atoms with Gasteiger partial charge < -0.3 is 5.32 Å². The number of sulfonamides is 1. The van der Waals surface area contributed by atoms with Crippen molar-refractivity contribution in [1.29, 1.82) is 0 Å². The fraction of sp³-hybridized carbons (Fsp3) is 0.625. The lowest BCUT2D eigenvalue weighted by atomic mass is 9.86. The summed E-state index contributed by atoms with van der Waals surface area (Å²) in [5.41, 5.74) is 2.88. The Morgan fingerprint density at radius 3 is 2.52 bits per heavy atom. The van der Waals surface area contributed by atoms with Gasteiger partial charge in [0.05, 0.1) is 4.90 Å². The average molecular weight is 310 g/mol. The first-order chi connectivity index (χ1) is 9.94. The van der Waals surface area contributed by atoms with Crippen molar-refractivity contribution < 1.29 is 8.42 Å². The Hall–Kier alpha value is -0.910. The lowest BCUT2D eigenvalue weighted by Gasteiger charge is -2.25. The van der Waals surface area contributed by atoms with Crippen LogP contribution in [0.1, 0.15) is 42.9 Å². The van der Waals surface area contributed by atoms with E-state index in [1.54, 1.807) is 6.07 Å². The Morgan fingerprint density at radius 1 is 1.24 bits per heavy atom. The predicted octanol–water partition coefficient (Wildman–Crippen LogP) is 2.49. The van der Waals surface area contributed by atoms with Crippen LogP contribution in [0, 0.1) is 19.8 Å². The molecule has 0 aliphatic heterocycles. The molecule has 4 nitrogen and oxygen atoms in total. The molecule has 0 amide bonds. The van der Waals surface area contributed by atoms with Crippen molar-refractivity contribution in [2.24, 2.45) is 5.92 Å². The Kier molecular flexibility index (Phi) is 5.41. The van der Waals surface area contributed by atoms with Crippen LogP contribution >= 0.6 is 0 Å². The van der Waals surface area contributed by atoms with Crippen LogP contribution in [0.4, 0.5) is 0 Å². The molecule has 0 spiro atoms. The van der Waals surface area contributed by atoms with Crippen molar-refractivity contribution in [3.05, 3.63) is 28.8 Å². The minimum atomic E-state index is -3.41. The van der Waals surface area contributed by atoms with Gasteiger partial charge in [-0.25, -0.2) is 13.1 Å². The summed E-state index contributed by atoms with van der Waals surface area (Å²) in [4.78, 5) is 0.426. The van der Waals surface area contributed by atoms with Crippen molar-refractivity contribution in [2.45, 2.75) is 51.5 Å². The van der Waals surface area contributed by atoms with Crippen molar-refractivity contribution >= 4 is 10.0 Å². The maximum absolute atomic E-state index is 12.5. The van der Waals surface area contributed by atoms with Gasteiger partial charge in [-0.2, -0.15) is 0 Å². The number of rotatable bonds is 7. The summed E-state index contributed by atoms with van der Waals surface area (Å²) in [5.74, 6) is 0.520. The van der Waals surface area contributed by atoms with Gasteiger partial charge in [0.25, 0.3) is 0 Å². The molecular weight excluding hydrogens is 284 g/mol. The third-order valence-corrected chi connectivity index (χ3v) is 5.88. The van der Waals surface area contributed by atoms with Gasteiger partial charge in [0, 0.05) is 13.1 Å². The normalized spacial score (nSPS) is 16.0. The SMILES string of the molecule is CCNCc1cc(C)c(C)c(S(=O)(=O)NCC2CCC2)c1.